The van der Waals surface area contributed by atoms with Gasteiger partial charge >= 0.3 is 6.09 Å². The van der Waals surface area contributed by atoms with Crippen LogP contribution in [0.2, 0.25) is 0 Å². The van der Waals surface area contributed by atoms with Gasteiger partial charge in [-0.1, -0.05) is 0 Å². The number of carbonyl (C=O) groups excluding carboxylic acids is 2. The molecule has 1 rings (SSSR count). The van der Waals surface area contributed by atoms with E-state index >= 15 is 0 Å². The van der Waals surface area contributed by atoms with Gasteiger partial charge in [0, 0.05) is 19.1 Å². The molecule has 0 aromatic rings. The van der Waals surface area contributed by atoms with Crippen LogP contribution in [0, 0.1) is 0 Å². The van der Waals surface area contributed by atoms with E-state index in [1.807, 2.05) is 20.8 Å². The standard InChI is InChI=1S/C13H24N2O4/c1-9(16)11(17)14-10-5-7-15(8-6-10)12(18)19-13(2,3)4/h9-10,16H,5-8H2,1-4H3,(H,14,17)/t9-/m0/s1. The van der Waals surface area contributed by atoms with Gasteiger partial charge in [-0.25, -0.2) is 4.79 Å². The van der Waals surface area contributed by atoms with Gasteiger partial charge < -0.3 is 20.1 Å². The topological polar surface area (TPSA) is 78.9 Å². The molecule has 19 heavy (non-hydrogen) atoms. The Morgan fingerprint density at radius 1 is 1.32 bits per heavy atom. The summed E-state index contributed by atoms with van der Waals surface area (Å²) in [5.41, 5.74) is -0.492. The van der Waals surface area contributed by atoms with Crippen molar-refractivity contribution in [2.75, 3.05) is 13.1 Å². The molecule has 1 atom stereocenters. The number of piperidine rings is 1. The van der Waals surface area contributed by atoms with E-state index < -0.39 is 11.7 Å². The zero-order valence-corrected chi connectivity index (χ0v) is 12.1. The Balaban J connectivity index is 2.37. The van der Waals surface area contributed by atoms with Crippen LogP contribution in [0.15, 0.2) is 0 Å². The summed E-state index contributed by atoms with van der Waals surface area (Å²) in [5.74, 6) is -0.365. The van der Waals surface area contributed by atoms with Crippen LogP contribution in [0.5, 0.6) is 0 Å². The molecule has 0 aromatic carbocycles. The Morgan fingerprint density at radius 2 is 1.84 bits per heavy atom. The molecule has 6 heteroatoms. The van der Waals surface area contributed by atoms with Crippen molar-refractivity contribution in [3.63, 3.8) is 0 Å². The Kier molecular flexibility index (Phi) is 5.17. The minimum atomic E-state index is -0.996. The average Bonchev–Trinajstić information content (AvgIpc) is 2.27. The lowest BCUT2D eigenvalue weighted by Crippen LogP contribution is -2.49. The number of nitrogens with one attached hydrogen (secondary N) is 1. The zero-order chi connectivity index (χ0) is 14.6. The molecule has 1 saturated heterocycles. The van der Waals surface area contributed by atoms with Crippen LogP contribution in [0.1, 0.15) is 40.5 Å². The summed E-state index contributed by atoms with van der Waals surface area (Å²) in [6, 6.07) is 0.0146. The summed E-state index contributed by atoms with van der Waals surface area (Å²) in [4.78, 5) is 24.8. The van der Waals surface area contributed by atoms with Crippen LogP contribution in [0.3, 0.4) is 0 Å². The van der Waals surface area contributed by atoms with Gasteiger partial charge in [0.25, 0.3) is 0 Å². The van der Waals surface area contributed by atoms with Crippen LogP contribution in [0.4, 0.5) is 4.79 Å². The van der Waals surface area contributed by atoms with Crippen molar-refractivity contribution in [2.45, 2.75) is 58.3 Å². The Bertz CT molecular complexity index is 328. The molecule has 110 valence electrons. The monoisotopic (exact) mass is 272 g/mol. The van der Waals surface area contributed by atoms with Crippen LogP contribution in [-0.2, 0) is 9.53 Å². The third-order valence-electron chi connectivity index (χ3n) is 2.87. The van der Waals surface area contributed by atoms with E-state index in [2.05, 4.69) is 5.32 Å². The van der Waals surface area contributed by atoms with Crippen molar-refractivity contribution in [1.29, 1.82) is 0 Å². The minimum absolute atomic E-state index is 0.0146. The maximum atomic E-state index is 11.8. The second-order valence-electron chi connectivity index (χ2n) is 5.93. The van der Waals surface area contributed by atoms with Crippen molar-refractivity contribution in [3.05, 3.63) is 0 Å². The van der Waals surface area contributed by atoms with Crippen molar-refractivity contribution < 1.29 is 19.4 Å². The summed E-state index contributed by atoms with van der Waals surface area (Å²) in [7, 11) is 0. The fourth-order valence-corrected chi connectivity index (χ4v) is 1.85. The third-order valence-corrected chi connectivity index (χ3v) is 2.87. The van der Waals surface area contributed by atoms with Gasteiger partial charge in [-0.3, -0.25) is 4.79 Å². The van der Waals surface area contributed by atoms with E-state index in [4.69, 9.17) is 9.84 Å². The third kappa shape index (κ3) is 5.46. The maximum absolute atomic E-state index is 11.8. The Morgan fingerprint density at radius 3 is 2.26 bits per heavy atom. The lowest BCUT2D eigenvalue weighted by Gasteiger charge is -2.33. The minimum Gasteiger partial charge on any atom is -0.444 e. The number of hydrogen-bond donors (Lipinski definition) is 2. The molecule has 0 saturated carbocycles. The summed E-state index contributed by atoms with van der Waals surface area (Å²) < 4.78 is 5.29. The zero-order valence-electron chi connectivity index (χ0n) is 12.1. The molecule has 0 radical (unpaired) electrons. The van der Waals surface area contributed by atoms with E-state index in [0.29, 0.717) is 25.9 Å². The first-order valence-electron chi connectivity index (χ1n) is 6.65. The number of rotatable bonds is 2. The predicted octanol–water partition coefficient (Wildman–Crippen LogP) is 0.883. The molecule has 1 fully saturated rings. The van der Waals surface area contributed by atoms with E-state index in [0.717, 1.165) is 0 Å². The summed E-state index contributed by atoms with van der Waals surface area (Å²) in [6.07, 6.45) is 0.0479. The van der Waals surface area contributed by atoms with E-state index in [1.165, 1.54) is 6.92 Å². The molecule has 0 unspecified atom stereocenters. The fourth-order valence-electron chi connectivity index (χ4n) is 1.85. The number of hydrogen-bond acceptors (Lipinski definition) is 4. The number of likely N-dealkylation sites (tertiary alicyclic amines) is 1. The fraction of sp³-hybridized carbons (Fsp3) is 0.846. The number of ether oxygens (including phenoxy) is 1. The number of amides is 2. The van der Waals surface area contributed by atoms with Gasteiger partial charge in [0.05, 0.1) is 0 Å². The highest BCUT2D eigenvalue weighted by Gasteiger charge is 2.27. The van der Waals surface area contributed by atoms with Gasteiger partial charge in [0.15, 0.2) is 0 Å². The Labute approximate surface area is 114 Å². The largest absolute Gasteiger partial charge is 0.444 e. The number of aliphatic hydroxyl groups excluding tert-OH is 1. The molecule has 6 nitrogen and oxygen atoms in total. The molecule has 0 aliphatic carbocycles. The SMILES string of the molecule is C[C@H](O)C(=O)NC1CCN(C(=O)OC(C)(C)C)CC1. The quantitative estimate of drug-likeness (QED) is 0.782. The van der Waals surface area contributed by atoms with Crippen LogP contribution in [-0.4, -0.2) is 52.8 Å². The number of aliphatic hydroxyl groups is 1. The van der Waals surface area contributed by atoms with Gasteiger partial charge in [-0.05, 0) is 40.5 Å². The van der Waals surface area contributed by atoms with Crippen LogP contribution >= 0.6 is 0 Å². The molecule has 2 amide bonds. The molecule has 1 heterocycles. The van der Waals surface area contributed by atoms with Crippen molar-refractivity contribution >= 4 is 12.0 Å². The normalized spacial score (nSPS) is 18.9. The summed E-state index contributed by atoms with van der Waals surface area (Å²) >= 11 is 0. The van der Waals surface area contributed by atoms with Crippen molar-refractivity contribution in [2.24, 2.45) is 0 Å². The van der Waals surface area contributed by atoms with E-state index in [9.17, 15) is 9.59 Å². The molecule has 2 N–H and O–H groups in total. The predicted molar refractivity (Wildman–Crippen MR) is 70.7 cm³/mol. The first-order chi connectivity index (χ1) is 8.69. The second kappa shape index (κ2) is 6.23. The van der Waals surface area contributed by atoms with Gasteiger partial charge in [0.2, 0.25) is 5.91 Å². The lowest BCUT2D eigenvalue weighted by atomic mass is 10.1. The molecule has 1 aliphatic rings. The smallest absolute Gasteiger partial charge is 0.410 e. The first kappa shape index (κ1) is 15.8. The Hall–Kier alpha value is -1.30. The van der Waals surface area contributed by atoms with E-state index in [1.54, 1.807) is 4.90 Å². The number of carbonyl (C=O) groups is 2. The van der Waals surface area contributed by atoms with E-state index in [-0.39, 0.29) is 18.0 Å². The van der Waals surface area contributed by atoms with Crippen molar-refractivity contribution in [3.8, 4) is 0 Å². The molecular weight excluding hydrogens is 248 g/mol. The van der Waals surface area contributed by atoms with Crippen LogP contribution in [0.25, 0.3) is 0 Å². The van der Waals surface area contributed by atoms with Crippen LogP contribution < -0.4 is 5.32 Å². The lowest BCUT2D eigenvalue weighted by molar-refractivity contribution is -0.129. The average molecular weight is 272 g/mol. The molecule has 1 aliphatic heterocycles. The van der Waals surface area contributed by atoms with Gasteiger partial charge in [-0.15, -0.1) is 0 Å². The summed E-state index contributed by atoms with van der Waals surface area (Å²) in [5, 5.41) is 11.9. The molecule has 0 spiro atoms. The van der Waals surface area contributed by atoms with Gasteiger partial charge in [-0.2, -0.15) is 0 Å². The number of nitrogens with zero attached hydrogens (tertiary/aromatic N) is 1. The highest BCUT2D eigenvalue weighted by molar-refractivity contribution is 5.80. The first-order valence-corrected chi connectivity index (χ1v) is 6.65. The van der Waals surface area contributed by atoms with Crippen molar-refractivity contribution in [1.82, 2.24) is 10.2 Å². The summed E-state index contributed by atoms with van der Waals surface area (Å²) in [6.45, 7) is 8.05. The molecule has 0 aromatic heterocycles. The highest BCUT2D eigenvalue weighted by Crippen LogP contribution is 2.15. The maximum Gasteiger partial charge on any atom is 0.410 e. The molecular formula is C13H24N2O4. The van der Waals surface area contributed by atoms with Gasteiger partial charge in [0.1, 0.15) is 11.7 Å². The highest BCUT2D eigenvalue weighted by atomic mass is 16.6. The molecule has 0 bridgehead atoms. The second-order valence-corrected chi connectivity index (χ2v) is 5.93.